The van der Waals surface area contributed by atoms with Gasteiger partial charge in [0.25, 0.3) is 0 Å². The number of hydrogen-bond donors (Lipinski definition) is 2. The number of halogens is 1. The van der Waals surface area contributed by atoms with E-state index in [9.17, 15) is 9.90 Å². The maximum absolute atomic E-state index is 11.8. The molecule has 4 nitrogen and oxygen atoms in total. The predicted molar refractivity (Wildman–Crippen MR) is 73.1 cm³/mol. The predicted octanol–water partition coefficient (Wildman–Crippen LogP) is 2.98. The maximum atomic E-state index is 11.8. The molecular formula is C14H12ClNO3. The van der Waals surface area contributed by atoms with Gasteiger partial charge in [0.05, 0.1) is 0 Å². The zero-order valence-corrected chi connectivity index (χ0v) is 10.7. The fourth-order valence-electron chi connectivity index (χ4n) is 1.57. The van der Waals surface area contributed by atoms with Crippen LogP contribution in [0.4, 0.5) is 5.69 Å². The lowest BCUT2D eigenvalue weighted by Crippen LogP contribution is -2.06. The number of carbonyl (C=O) groups excluding carboxylic acids is 1. The second kappa shape index (κ2) is 5.63. The number of nitrogens with two attached hydrogens (primary N) is 1. The van der Waals surface area contributed by atoms with Crippen molar-refractivity contribution in [2.24, 2.45) is 0 Å². The largest absolute Gasteiger partial charge is 0.507 e. The van der Waals surface area contributed by atoms with Crippen LogP contribution >= 0.6 is 11.6 Å². The van der Waals surface area contributed by atoms with Gasteiger partial charge in [0, 0.05) is 10.7 Å². The van der Waals surface area contributed by atoms with Gasteiger partial charge in [-0.25, -0.2) is 4.79 Å². The van der Waals surface area contributed by atoms with E-state index in [1.165, 1.54) is 18.2 Å². The molecule has 0 saturated carbocycles. The molecule has 5 heteroatoms. The molecule has 19 heavy (non-hydrogen) atoms. The Hall–Kier alpha value is -2.20. The third-order valence-corrected chi connectivity index (χ3v) is 2.73. The van der Waals surface area contributed by atoms with Gasteiger partial charge in [0.15, 0.2) is 0 Å². The van der Waals surface area contributed by atoms with Crippen molar-refractivity contribution in [3.8, 4) is 5.75 Å². The summed E-state index contributed by atoms with van der Waals surface area (Å²) in [5.74, 6) is -0.796. The Bertz CT molecular complexity index is 613. The van der Waals surface area contributed by atoms with E-state index in [0.717, 1.165) is 5.56 Å². The molecule has 0 bridgehead atoms. The van der Waals surface area contributed by atoms with Crippen molar-refractivity contribution in [2.45, 2.75) is 6.61 Å². The summed E-state index contributed by atoms with van der Waals surface area (Å²) in [7, 11) is 0. The molecule has 0 aliphatic rings. The lowest BCUT2D eigenvalue weighted by molar-refractivity contribution is 0.0469. The van der Waals surface area contributed by atoms with Gasteiger partial charge in [0.1, 0.15) is 17.9 Å². The molecule has 0 fully saturated rings. The van der Waals surface area contributed by atoms with Crippen LogP contribution in [0.25, 0.3) is 0 Å². The first-order valence-corrected chi connectivity index (χ1v) is 5.94. The second-order valence-electron chi connectivity index (χ2n) is 3.98. The summed E-state index contributed by atoms with van der Waals surface area (Å²) >= 11 is 5.83. The average Bonchev–Trinajstić information content (AvgIpc) is 2.39. The van der Waals surface area contributed by atoms with Crippen molar-refractivity contribution in [3.63, 3.8) is 0 Å². The molecule has 0 heterocycles. The number of rotatable bonds is 3. The Kier molecular flexibility index (Phi) is 3.92. The SMILES string of the molecule is Nc1ccc(O)c(C(=O)OCc2cccc(Cl)c2)c1. The van der Waals surface area contributed by atoms with Crippen LogP contribution < -0.4 is 5.73 Å². The van der Waals surface area contributed by atoms with Gasteiger partial charge in [0.2, 0.25) is 0 Å². The number of phenolic OH excluding ortho intramolecular Hbond substituents is 1. The standard InChI is InChI=1S/C14H12ClNO3/c15-10-3-1-2-9(6-10)8-19-14(18)12-7-11(16)4-5-13(12)17/h1-7,17H,8,16H2. The number of carbonyl (C=O) groups is 1. The lowest BCUT2D eigenvalue weighted by atomic mass is 10.2. The minimum absolute atomic E-state index is 0.0435. The van der Waals surface area contributed by atoms with E-state index < -0.39 is 5.97 Å². The number of esters is 1. The van der Waals surface area contributed by atoms with Crippen molar-refractivity contribution in [1.29, 1.82) is 0 Å². The van der Waals surface area contributed by atoms with E-state index in [-0.39, 0.29) is 17.9 Å². The lowest BCUT2D eigenvalue weighted by Gasteiger charge is -2.07. The summed E-state index contributed by atoms with van der Waals surface area (Å²) in [5, 5.41) is 10.1. The van der Waals surface area contributed by atoms with Crippen molar-refractivity contribution >= 4 is 23.3 Å². The topological polar surface area (TPSA) is 72.5 Å². The van der Waals surface area contributed by atoms with Gasteiger partial charge < -0.3 is 15.6 Å². The molecule has 98 valence electrons. The molecule has 0 saturated heterocycles. The molecule has 2 rings (SSSR count). The Labute approximate surface area is 115 Å². The van der Waals surface area contributed by atoms with Crippen molar-refractivity contribution in [2.75, 3.05) is 5.73 Å². The number of ether oxygens (including phenoxy) is 1. The Morgan fingerprint density at radius 1 is 1.26 bits per heavy atom. The van der Waals surface area contributed by atoms with E-state index in [1.54, 1.807) is 24.3 Å². The van der Waals surface area contributed by atoms with Gasteiger partial charge in [-0.15, -0.1) is 0 Å². The molecule has 2 aromatic carbocycles. The number of anilines is 1. The van der Waals surface area contributed by atoms with Crippen LogP contribution in [0.1, 0.15) is 15.9 Å². The highest BCUT2D eigenvalue weighted by Crippen LogP contribution is 2.21. The Morgan fingerprint density at radius 3 is 2.79 bits per heavy atom. The summed E-state index contributed by atoms with van der Waals surface area (Å²) in [6.07, 6.45) is 0. The highest BCUT2D eigenvalue weighted by molar-refractivity contribution is 6.30. The van der Waals surface area contributed by atoms with Crippen LogP contribution in [0.5, 0.6) is 5.75 Å². The first-order chi connectivity index (χ1) is 9.06. The van der Waals surface area contributed by atoms with E-state index in [4.69, 9.17) is 22.1 Å². The zero-order chi connectivity index (χ0) is 13.8. The Balaban J connectivity index is 2.07. The summed E-state index contributed by atoms with van der Waals surface area (Å²) < 4.78 is 5.09. The van der Waals surface area contributed by atoms with Crippen LogP contribution in [0.2, 0.25) is 5.02 Å². The molecule has 2 aromatic rings. The maximum Gasteiger partial charge on any atom is 0.342 e. The van der Waals surface area contributed by atoms with Crippen molar-refractivity contribution in [1.82, 2.24) is 0 Å². The van der Waals surface area contributed by atoms with Gasteiger partial charge in [-0.1, -0.05) is 23.7 Å². The second-order valence-corrected chi connectivity index (χ2v) is 4.42. The summed E-state index contributed by atoms with van der Waals surface area (Å²) in [4.78, 5) is 11.8. The van der Waals surface area contributed by atoms with E-state index in [2.05, 4.69) is 0 Å². The smallest absolute Gasteiger partial charge is 0.342 e. The third kappa shape index (κ3) is 3.39. The number of nitrogen functional groups attached to an aromatic ring is 1. The minimum atomic E-state index is -0.634. The van der Waals surface area contributed by atoms with Gasteiger partial charge in [-0.2, -0.15) is 0 Å². The Morgan fingerprint density at radius 2 is 2.05 bits per heavy atom. The van der Waals surface area contributed by atoms with Crippen LogP contribution in [0.15, 0.2) is 42.5 Å². The molecule has 0 aliphatic carbocycles. The molecule has 0 aromatic heterocycles. The van der Waals surface area contributed by atoms with Crippen LogP contribution in [-0.4, -0.2) is 11.1 Å². The molecule has 0 amide bonds. The van der Waals surface area contributed by atoms with E-state index in [1.807, 2.05) is 0 Å². The molecular weight excluding hydrogens is 266 g/mol. The quantitative estimate of drug-likeness (QED) is 0.514. The first kappa shape index (κ1) is 13.2. The number of hydrogen-bond acceptors (Lipinski definition) is 4. The average molecular weight is 278 g/mol. The van der Waals surface area contributed by atoms with Crippen molar-refractivity contribution < 1.29 is 14.6 Å². The number of aromatic hydroxyl groups is 1. The van der Waals surface area contributed by atoms with Gasteiger partial charge >= 0.3 is 5.97 Å². The fraction of sp³-hybridized carbons (Fsp3) is 0.0714. The first-order valence-electron chi connectivity index (χ1n) is 5.56. The number of benzene rings is 2. The third-order valence-electron chi connectivity index (χ3n) is 2.50. The molecule has 0 unspecified atom stereocenters. The summed E-state index contributed by atoms with van der Waals surface area (Å²) in [5.41, 5.74) is 6.75. The van der Waals surface area contributed by atoms with Gasteiger partial charge in [-0.3, -0.25) is 0 Å². The minimum Gasteiger partial charge on any atom is -0.507 e. The highest BCUT2D eigenvalue weighted by Gasteiger charge is 2.13. The van der Waals surface area contributed by atoms with E-state index >= 15 is 0 Å². The van der Waals surface area contributed by atoms with Gasteiger partial charge in [-0.05, 0) is 35.9 Å². The fourth-order valence-corrected chi connectivity index (χ4v) is 1.78. The molecule has 0 radical (unpaired) electrons. The highest BCUT2D eigenvalue weighted by atomic mass is 35.5. The van der Waals surface area contributed by atoms with E-state index in [0.29, 0.717) is 10.7 Å². The summed E-state index contributed by atoms with van der Waals surface area (Å²) in [6, 6.07) is 11.2. The van der Waals surface area contributed by atoms with Crippen molar-refractivity contribution in [3.05, 3.63) is 58.6 Å². The van der Waals surface area contributed by atoms with Crippen LogP contribution in [0.3, 0.4) is 0 Å². The molecule has 3 N–H and O–H groups in total. The van der Waals surface area contributed by atoms with Crippen LogP contribution in [0, 0.1) is 0 Å². The molecule has 0 atom stereocenters. The monoisotopic (exact) mass is 277 g/mol. The summed E-state index contributed by atoms with van der Waals surface area (Å²) in [6.45, 7) is 0.0770. The normalized spacial score (nSPS) is 10.2. The molecule has 0 spiro atoms. The van der Waals surface area contributed by atoms with Crippen LogP contribution in [-0.2, 0) is 11.3 Å². The zero-order valence-electron chi connectivity index (χ0n) is 9.97. The molecule has 0 aliphatic heterocycles. The number of phenols is 1.